The summed E-state index contributed by atoms with van der Waals surface area (Å²) in [6.07, 6.45) is 1.83. The molecule has 0 N–H and O–H groups in total. The van der Waals surface area contributed by atoms with E-state index in [9.17, 15) is 10.1 Å². The van der Waals surface area contributed by atoms with Gasteiger partial charge in [-0.05, 0) is 24.1 Å². The van der Waals surface area contributed by atoms with Gasteiger partial charge in [-0.2, -0.15) is 0 Å². The molecule has 6 nitrogen and oxygen atoms in total. The lowest BCUT2D eigenvalue weighted by atomic mass is 10.1. The fraction of sp³-hybridized carbons (Fsp3) is 0.389. The van der Waals surface area contributed by atoms with Gasteiger partial charge < -0.3 is 0 Å². The van der Waals surface area contributed by atoms with Gasteiger partial charge in [-0.1, -0.05) is 18.2 Å². The average Bonchev–Trinajstić information content (AvgIpc) is 2.59. The van der Waals surface area contributed by atoms with Gasteiger partial charge in [0, 0.05) is 63.3 Å². The van der Waals surface area contributed by atoms with E-state index >= 15 is 0 Å². The van der Waals surface area contributed by atoms with Crippen LogP contribution in [0.25, 0.3) is 0 Å². The van der Waals surface area contributed by atoms with Crippen LogP contribution in [0, 0.1) is 17.0 Å². The lowest BCUT2D eigenvalue weighted by molar-refractivity contribution is -0.384. The van der Waals surface area contributed by atoms with E-state index in [0.717, 1.165) is 50.5 Å². The molecule has 3 rings (SSSR count). The summed E-state index contributed by atoms with van der Waals surface area (Å²) >= 11 is 0. The maximum absolute atomic E-state index is 10.9. The molecule has 1 aliphatic rings. The summed E-state index contributed by atoms with van der Waals surface area (Å²) in [5, 5.41) is 10.9. The van der Waals surface area contributed by atoms with Crippen LogP contribution in [0.5, 0.6) is 0 Å². The predicted octanol–water partition coefficient (Wildman–Crippen LogP) is 2.62. The van der Waals surface area contributed by atoms with Gasteiger partial charge in [0.05, 0.1) is 4.92 Å². The van der Waals surface area contributed by atoms with E-state index in [0.29, 0.717) is 0 Å². The second kappa shape index (κ2) is 7.51. The SMILES string of the molecule is Cc1ncccc1CN1CCN(Cc2cccc([N+](=O)[O-])c2)CC1. The van der Waals surface area contributed by atoms with E-state index in [1.807, 2.05) is 25.3 Å². The normalized spacial score (nSPS) is 16.2. The second-order valence-electron chi connectivity index (χ2n) is 6.23. The number of hydrogen-bond acceptors (Lipinski definition) is 5. The molecule has 2 heterocycles. The predicted molar refractivity (Wildman–Crippen MR) is 92.6 cm³/mol. The van der Waals surface area contributed by atoms with Crippen molar-refractivity contribution in [2.24, 2.45) is 0 Å². The Morgan fingerprint density at radius 2 is 1.79 bits per heavy atom. The number of benzene rings is 1. The molecule has 1 fully saturated rings. The highest BCUT2D eigenvalue weighted by Crippen LogP contribution is 2.16. The number of pyridine rings is 1. The quantitative estimate of drug-likeness (QED) is 0.624. The minimum absolute atomic E-state index is 0.165. The van der Waals surface area contributed by atoms with Crippen LogP contribution < -0.4 is 0 Å². The summed E-state index contributed by atoms with van der Waals surface area (Å²) in [5.41, 5.74) is 3.54. The minimum atomic E-state index is -0.336. The van der Waals surface area contributed by atoms with E-state index < -0.39 is 0 Å². The fourth-order valence-electron chi connectivity index (χ4n) is 3.06. The molecule has 0 bridgehead atoms. The number of nitro groups is 1. The summed E-state index contributed by atoms with van der Waals surface area (Å²) in [4.78, 5) is 19.7. The van der Waals surface area contributed by atoms with Crippen LogP contribution >= 0.6 is 0 Å². The molecule has 1 saturated heterocycles. The van der Waals surface area contributed by atoms with E-state index in [2.05, 4.69) is 20.9 Å². The third kappa shape index (κ3) is 4.15. The zero-order chi connectivity index (χ0) is 16.9. The van der Waals surface area contributed by atoms with Gasteiger partial charge in [-0.3, -0.25) is 24.9 Å². The molecule has 1 aliphatic heterocycles. The molecule has 2 aromatic rings. The fourth-order valence-corrected chi connectivity index (χ4v) is 3.06. The summed E-state index contributed by atoms with van der Waals surface area (Å²) in [6.45, 7) is 7.70. The van der Waals surface area contributed by atoms with E-state index in [4.69, 9.17) is 0 Å². The molecule has 0 radical (unpaired) electrons. The zero-order valence-electron chi connectivity index (χ0n) is 13.9. The Bertz CT molecular complexity index is 712. The monoisotopic (exact) mass is 326 g/mol. The topological polar surface area (TPSA) is 62.5 Å². The van der Waals surface area contributed by atoms with Crippen molar-refractivity contribution < 1.29 is 4.92 Å². The molecule has 1 aromatic heterocycles. The van der Waals surface area contributed by atoms with Gasteiger partial charge >= 0.3 is 0 Å². The molecular weight excluding hydrogens is 304 g/mol. The molecular formula is C18H22N4O2. The van der Waals surface area contributed by atoms with Crippen molar-refractivity contribution in [3.8, 4) is 0 Å². The second-order valence-corrected chi connectivity index (χ2v) is 6.23. The van der Waals surface area contributed by atoms with Crippen LogP contribution in [0.3, 0.4) is 0 Å². The average molecular weight is 326 g/mol. The largest absolute Gasteiger partial charge is 0.297 e. The standard InChI is InChI=1S/C18H22N4O2/c1-15-17(5-3-7-19-15)14-21-10-8-20(9-11-21)13-16-4-2-6-18(12-16)22(23)24/h2-7,12H,8-11,13-14H2,1H3. The maximum Gasteiger partial charge on any atom is 0.269 e. The van der Waals surface area contributed by atoms with Gasteiger partial charge in [-0.25, -0.2) is 0 Å². The third-order valence-electron chi connectivity index (χ3n) is 4.50. The molecule has 24 heavy (non-hydrogen) atoms. The van der Waals surface area contributed by atoms with Crippen molar-refractivity contribution >= 4 is 5.69 Å². The number of hydrogen-bond donors (Lipinski definition) is 0. The first-order valence-electron chi connectivity index (χ1n) is 8.20. The molecule has 6 heteroatoms. The van der Waals surface area contributed by atoms with Crippen LogP contribution in [0.1, 0.15) is 16.8 Å². The Morgan fingerprint density at radius 1 is 1.08 bits per heavy atom. The minimum Gasteiger partial charge on any atom is -0.297 e. The van der Waals surface area contributed by atoms with Gasteiger partial charge in [0.25, 0.3) is 5.69 Å². The first-order valence-corrected chi connectivity index (χ1v) is 8.20. The number of non-ortho nitro benzene ring substituents is 1. The third-order valence-corrected chi connectivity index (χ3v) is 4.50. The van der Waals surface area contributed by atoms with E-state index in [1.165, 1.54) is 11.6 Å². The Morgan fingerprint density at radius 3 is 2.46 bits per heavy atom. The van der Waals surface area contributed by atoms with Crippen molar-refractivity contribution in [3.63, 3.8) is 0 Å². The van der Waals surface area contributed by atoms with E-state index in [1.54, 1.807) is 12.1 Å². The molecule has 0 atom stereocenters. The van der Waals surface area contributed by atoms with E-state index in [-0.39, 0.29) is 10.6 Å². The first kappa shape index (κ1) is 16.5. The number of nitrogens with zero attached hydrogens (tertiary/aromatic N) is 4. The lowest BCUT2D eigenvalue weighted by Crippen LogP contribution is -2.45. The molecule has 0 amide bonds. The number of aryl methyl sites for hydroxylation is 1. The Balaban J connectivity index is 1.53. The van der Waals surface area contributed by atoms with Crippen molar-refractivity contribution in [1.29, 1.82) is 0 Å². The molecule has 0 unspecified atom stereocenters. The van der Waals surface area contributed by atoms with Crippen LogP contribution in [0.4, 0.5) is 5.69 Å². The molecule has 0 aliphatic carbocycles. The molecule has 1 aromatic carbocycles. The molecule has 126 valence electrons. The highest BCUT2D eigenvalue weighted by atomic mass is 16.6. The van der Waals surface area contributed by atoms with Crippen LogP contribution in [0.15, 0.2) is 42.6 Å². The summed E-state index contributed by atoms with van der Waals surface area (Å²) in [5.74, 6) is 0. The van der Waals surface area contributed by atoms with Crippen LogP contribution in [-0.2, 0) is 13.1 Å². The number of rotatable bonds is 5. The Hall–Kier alpha value is -2.31. The first-order chi connectivity index (χ1) is 11.6. The van der Waals surface area contributed by atoms with Crippen LogP contribution in [0.2, 0.25) is 0 Å². The highest BCUT2D eigenvalue weighted by Gasteiger charge is 2.18. The Kier molecular flexibility index (Phi) is 5.17. The lowest BCUT2D eigenvalue weighted by Gasteiger charge is -2.34. The van der Waals surface area contributed by atoms with Crippen molar-refractivity contribution in [3.05, 3.63) is 69.5 Å². The number of aromatic nitrogens is 1. The van der Waals surface area contributed by atoms with Crippen molar-refractivity contribution in [2.45, 2.75) is 20.0 Å². The highest BCUT2D eigenvalue weighted by molar-refractivity contribution is 5.34. The van der Waals surface area contributed by atoms with Gasteiger partial charge in [0.1, 0.15) is 0 Å². The summed E-state index contributed by atoms with van der Waals surface area (Å²) in [6, 6.07) is 11.1. The van der Waals surface area contributed by atoms with Gasteiger partial charge in [0.2, 0.25) is 0 Å². The smallest absolute Gasteiger partial charge is 0.269 e. The summed E-state index contributed by atoms with van der Waals surface area (Å²) in [7, 11) is 0. The Labute approximate surface area is 141 Å². The van der Waals surface area contributed by atoms with Crippen molar-refractivity contribution in [2.75, 3.05) is 26.2 Å². The number of piperazine rings is 1. The number of nitro benzene ring substituents is 1. The van der Waals surface area contributed by atoms with Crippen molar-refractivity contribution in [1.82, 2.24) is 14.8 Å². The molecule has 0 spiro atoms. The maximum atomic E-state index is 10.9. The molecule has 0 saturated carbocycles. The van der Waals surface area contributed by atoms with Gasteiger partial charge in [0.15, 0.2) is 0 Å². The van der Waals surface area contributed by atoms with Gasteiger partial charge in [-0.15, -0.1) is 0 Å². The summed E-state index contributed by atoms with van der Waals surface area (Å²) < 4.78 is 0. The van der Waals surface area contributed by atoms with Crippen LogP contribution in [-0.4, -0.2) is 45.9 Å². The zero-order valence-corrected chi connectivity index (χ0v) is 13.9.